The van der Waals surface area contributed by atoms with Gasteiger partial charge in [0.25, 0.3) is 5.91 Å². The fourth-order valence-electron chi connectivity index (χ4n) is 1.36. The van der Waals surface area contributed by atoms with Crippen LogP contribution in [0, 0.1) is 0 Å². The van der Waals surface area contributed by atoms with Gasteiger partial charge in [-0.15, -0.1) is 0 Å². The van der Waals surface area contributed by atoms with E-state index in [-0.39, 0.29) is 18.9 Å². The molecule has 0 aliphatic carbocycles. The molecule has 0 fully saturated rings. The first-order chi connectivity index (χ1) is 9.00. The average Bonchev–Trinajstić information content (AvgIpc) is 2.39. The molecule has 0 radical (unpaired) electrons. The van der Waals surface area contributed by atoms with Gasteiger partial charge >= 0.3 is 5.97 Å². The number of hydrogen-bond donors (Lipinski definition) is 3. The summed E-state index contributed by atoms with van der Waals surface area (Å²) in [6.45, 7) is 1.54. The Morgan fingerprint density at radius 2 is 1.84 bits per heavy atom. The molecule has 0 spiro atoms. The zero-order chi connectivity index (χ0) is 14.3. The second kappa shape index (κ2) is 7.15. The highest BCUT2D eigenvalue weighted by atomic mass is 16.4. The highest BCUT2D eigenvalue weighted by molar-refractivity contribution is 5.94. The molecule has 6 nitrogen and oxygen atoms in total. The number of rotatable bonds is 6. The van der Waals surface area contributed by atoms with Gasteiger partial charge in [-0.3, -0.25) is 14.4 Å². The van der Waals surface area contributed by atoms with Gasteiger partial charge in [-0.05, 0) is 19.1 Å². The summed E-state index contributed by atoms with van der Waals surface area (Å²) < 4.78 is 0. The third-order valence-electron chi connectivity index (χ3n) is 2.42. The first kappa shape index (κ1) is 14.7. The summed E-state index contributed by atoms with van der Waals surface area (Å²) in [4.78, 5) is 33.5. The summed E-state index contributed by atoms with van der Waals surface area (Å²) in [6, 6.07) is 7.70. The third kappa shape index (κ3) is 5.20. The van der Waals surface area contributed by atoms with Crippen molar-refractivity contribution in [1.29, 1.82) is 0 Å². The van der Waals surface area contributed by atoms with Crippen LogP contribution in [0.4, 0.5) is 0 Å². The van der Waals surface area contributed by atoms with Crippen LogP contribution in [0.5, 0.6) is 0 Å². The molecule has 0 unspecified atom stereocenters. The van der Waals surface area contributed by atoms with Gasteiger partial charge in [-0.2, -0.15) is 0 Å². The van der Waals surface area contributed by atoms with Crippen molar-refractivity contribution in [2.75, 3.05) is 6.54 Å². The van der Waals surface area contributed by atoms with E-state index in [9.17, 15) is 14.4 Å². The monoisotopic (exact) mass is 264 g/mol. The molecule has 0 aliphatic heterocycles. The van der Waals surface area contributed by atoms with E-state index in [0.717, 1.165) is 0 Å². The SMILES string of the molecule is C[C@H](NC(=O)CCNC(=O)c1ccccc1)C(=O)O. The standard InChI is InChI=1S/C13H16N2O4/c1-9(13(18)19)15-11(16)7-8-14-12(17)10-5-3-2-4-6-10/h2-6,9H,7-8H2,1H3,(H,14,17)(H,15,16)(H,18,19)/t9-/m0/s1. The van der Waals surface area contributed by atoms with Gasteiger partial charge in [0.2, 0.25) is 5.91 Å². The van der Waals surface area contributed by atoms with Gasteiger partial charge in [0.05, 0.1) is 0 Å². The average molecular weight is 264 g/mol. The molecule has 0 saturated carbocycles. The summed E-state index contributed by atoms with van der Waals surface area (Å²) in [5, 5.41) is 13.5. The Kier molecular flexibility index (Phi) is 5.53. The molecule has 1 aromatic carbocycles. The van der Waals surface area contributed by atoms with E-state index in [2.05, 4.69) is 10.6 Å². The molecule has 0 bridgehead atoms. The molecular formula is C13H16N2O4. The minimum atomic E-state index is -1.10. The van der Waals surface area contributed by atoms with Crippen molar-refractivity contribution in [3.8, 4) is 0 Å². The van der Waals surface area contributed by atoms with Crippen molar-refractivity contribution in [3.05, 3.63) is 35.9 Å². The zero-order valence-electron chi connectivity index (χ0n) is 10.6. The third-order valence-corrected chi connectivity index (χ3v) is 2.42. The molecule has 19 heavy (non-hydrogen) atoms. The maximum atomic E-state index is 11.6. The lowest BCUT2D eigenvalue weighted by Gasteiger charge is -2.09. The Hall–Kier alpha value is -2.37. The molecule has 1 rings (SSSR count). The number of nitrogens with one attached hydrogen (secondary N) is 2. The van der Waals surface area contributed by atoms with E-state index >= 15 is 0 Å². The Morgan fingerprint density at radius 3 is 2.42 bits per heavy atom. The van der Waals surface area contributed by atoms with E-state index < -0.39 is 17.9 Å². The molecule has 1 atom stereocenters. The first-order valence-electron chi connectivity index (χ1n) is 5.86. The van der Waals surface area contributed by atoms with Gasteiger partial charge in [-0.1, -0.05) is 18.2 Å². The van der Waals surface area contributed by atoms with Crippen molar-refractivity contribution < 1.29 is 19.5 Å². The Morgan fingerprint density at radius 1 is 1.21 bits per heavy atom. The number of carboxylic acid groups (broad SMARTS) is 1. The fourth-order valence-corrected chi connectivity index (χ4v) is 1.36. The molecule has 0 heterocycles. The highest BCUT2D eigenvalue weighted by Crippen LogP contribution is 1.97. The molecule has 1 aromatic rings. The van der Waals surface area contributed by atoms with Crippen molar-refractivity contribution >= 4 is 17.8 Å². The van der Waals surface area contributed by atoms with Crippen LogP contribution in [0.2, 0.25) is 0 Å². The van der Waals surface area contributed by atoms with Crippen LogP contribution >= 0.6 is 0 Å². The highest BCUT2D eigenvalue weighted by Gasteiger charge is 2.13. The quantitative estimate of drug-likeness (QED) is 0.693. The molecular weight excluding hydrogens is 248 g/mol. The Balaban J connectivity index is 2.29. The van der Waals surface area contributed by atoms with E-state index in [0.29, 0.717) is 5.56 Å². The topological polar surface area (TPSA) is 95.5 Å². The Labute approximate surface area is 110 Å². The lowest BCUT2D eigenvalue weighted by Crippen LogP contribution is -2.39. The lowest BCUT2D eigenvalue weighted by molar-refractivity contribution is -0.141. The van der Waals surface area contributed by atoms with E-state index in [1.54, 1.807) is 30.3 Å². The van der Waals surface area contributed by atoms with Crippen molar-refractivity contribution in [1.82, 2.24) is 10.6 Å². The second-order valence-electron chi connectivity index (χ2n) is 4.00. The molecule has 0 aliphatic rings. The van der Waals surface area contributed by atoms with Crippen LogP contribution in [-0.4, -0.2) is 35.5 Å². The van der Waals surface area contributed by atoms with Crippen LogP contribution in [0.3, 0.4) is 0 Å². The predicted octanol–water partition coefficient (Wildman–Crippen LogP) is 0.396. The van der Waals surface area contributed by atoms with E-state index in [1.807, 2.05) is 0 Å². The van der Waals surface area contributed by atoms with Crippen LogP contribution in [0.1, 0.15) is 23.7 Å². The van der Waals surface area contributed by atoms with Crippen molar-refractivity contribution in [3.63, 3.8) is 0 Å². The zero-order valence-corrected chi connectivity index (χ0v) is 10.6. The molecule has 0 saturated heterocycles. The second-order valence-corrected chi connectivity index (χ2v) is 4.00. The molecule has 6 heteroatoms. The van der Waals surface area contributed by atoms with Gasteiger partial charge in [-0.25, -0.2) is 0 Å². The molecule has 2 amide bonds. The lowest BCUT2D eigenvalue weighted by atomic mass is 10.2. The number of carbonyl (C=O) groups excluding carboxylic acids is 2. The number of benzene rings is 1. The molecule has 0 aromatic heterocycles. The summed E-state index contributed by atoms with van der Waals surface area (Å²) in [7, 11) is 0. The number of hydrogen-bond acceptors (Lipinski definition) is 3. The van der Waals surface area contributed by atoms with Crippen LogP contribution in [0.25, 0.3) is 0 Å². The largest absolute Gasteiger partial charge is 0.480 e. The van der Waals surface area contributed by atoms with Crippen LogP contribution in [-0.2, 0) is 9.59 Å². The van der Waals surface area contributed by atoms with E-state index in [1.165, 1.54) is 6.92 Å². The molecule has 102 valence electrons. The number of carboxylic acids is 1. The number of amides is 2. The fraction of sp³-hybridized carbons (Fsp3) is 0.308. The minimum Gasteiger partial charge on any atom is -0.480 e. The maximum Gasteiger partial charge on any atom is 0.325 e. The van der Waals surface area contributed by atoms with Crippen LogP contribution < -0.4 is 10.6 Å². The number of carbonyl (C=O) groups is 3. The minimum absolute atomic E-state index is 0.0379. The summed E-state index contributed by atoms with van der Waals surface area (Å²) in [5.74, 6) is -1.77. The normalized spacial score (nSPS) is 11.4. The van der Waals surface area contributed by atoms with Gasteiger partial charge in [0, 0.05) is 18.5 Å². The van der Waals surface area contributed by atoms with Crippen molar-refractivity contribution in [2.24, 2.45) is 0 Å². The van der Waals surface area contributed by atoms with E-state index in [4.69, 9.17) is 5.11 Å². The smallest absolute Gasteiger partial charge is 0.325 e. The first-order valence-corrected chi connectivity index (χ1v) is 5.86. The Bertz CT molecular complexity index is 459. The summed E-state index contributed by atoms with van der Waals surface area (Å²) in [5.41, 5.74) is 0.516. The molecule has 3 N–H and O–H groups in total. The predicted molar refractivity (Wildman–Crippen MR) is 68.6 cm³/mol. The van der Waals surface area contributed by atoms with Crippen LogP contribution in [0.15, 0.2) is 30.3 Å². The van der Waals surface area contributed by atoms with Gasteiger partial charge < -0.3 is 15.7 Å². The van der Waals surface area contributed by atoms with Crippen molar-refractivity contribution in [2.45, 2.75) is 19.4 Å². The van der Waals surface area contributed by atoms with Gasteiger partial charge in [0.1, 0.15) is 6.04 Å². The summed E-state index contributed by atoms with van der Waals surface area (Å²) in [6.07, 6.45) is 0.0379. The summed E-state index contributed by atoms with van der Waals surface area (Å²) >= 11 is 0. The van der Waals surface area contributed by atoms with Gasteiger partial charge in [0.15, 0.2) is 0 Å². The number of aliphatic carboxylic acids is 1. The maximum absolute atomic E-state index is 11.6.